The number of amides is 1. The first kappa shape index (κ1) is 18.6. The van der Waals surface area contributed by atoms with Gasteiger partial charge in [0.1, 0.15) is 9.84 Å². The van der Waals surface area contributed by atoms with E-state index in [9.17, 15) is 13.2 Å². The molecule has 0 N–H and O–H groups in total. The second-order valence-electron chi connectivity index (χ2n) is 7.99. The summed E-state index contributed by atoms with van der Waals surface area (Å²) in [4.78, 5) is 19.3. The summed E-state index contributed by atoms with van der Waals surface area (Å²) in [6.07, 6.45) is 6.46. The van der Waals surface area contributed by atoms with Crippen molar-refractivity contribution in [1.82, 2.24) is 9.55 Å². The maximum Gasteiger partial charge on any atom is 0.238 e. The fourth-order valence-corrected chi connectivity index (χ4v) is 5.05. The fourth-order valence-electron chi connectivity index (χ4n) is 4.35. The van der Waals surface area contributed by atoms with Gasteiger partial charge in [-0.15, -0.1) is 0 Å². The molecular weight excluding hydrogens is 410 g/mol. The van der Waals surface area contributed by atoms with Crippen LogP contribution in [0.3, 0.4) is 0 Å². The van der Waals surface area contributed by atoms with Crippen LogP contribution in [-0.4, -0.2) is 35.9 Å². The Bertz CT molecular complexity index is 1260. The maximum atomic E-state index is 13.2. The van der Waals surface area contributed by atoms with Gasteiger partial charge in [-0.05, 0) is 43.2 Å². The van der Waals surface area contributed by atoms with Gasteiger partial charge >= 0.3 is 0 Å². The van der Waals surface area contributed by atoms with Crippen LogP contribution in [-0.2, 0) is 33.1 Å². The molecule has 1 aliphatic carbocycles. The minimum atomic E-state index is -3.12. The van der Waals surface area contributed by atoms with Crippen LogP contribution in [0.1, 0.15) is 24.1 Å². The molecule has 5 rings (SSSR count). The molecule has 150 valence electrons. The quantitative estimate of drug-likeness (QED) is 0.623. The van der Waals surface area contributed by atoms with E-state index < -0.39 is 15.3 Å². The van der Waals surface area contributed by atoms with Gasteiger partial charge in [0.2, 0.25) is 5.91 Å². The van der Waals surface area contributed by atoms with Crippen molar-refractivity contribution in [3.8, 4) is 0 Å². The molecule has 1 amide bonds. The van der Waals surface area contributed by atoms with Crippen LogP contribution < -0.4 is 4.90 Å². The fraction of sp³-hybridized carbons (Fsp3) is 0.333. The Morgan fingerprint density at radius 1 is 1.21 bits per heavy atom. The molecule has 1 aromatic carbocycles. The number of carbonyl (C=O) groups excluding carboxylic acids is 1. The smallest absolute Gasteiger partial charge is 0.238 e. The van der Waals surface area contributed by atoms with E-state index in [2.05, 4.69) is 4.98 Å². The number of benzene rings is 1. The first-order valence-corrected chi connectivity index (χ1v) is 11.9. The van der Waals surface area contributed by atoms with Crippen LogP contribution >= 0.6 is 11.6 Å². The summed E-state index contributed by atoms with van der Waals surface area (Å²) in [5, 5.41) is 1.55. The van der Waals surface area contributed by atoms with Gasteiger partial charge in [-0.25, -0.2) is 8.42 Å². The molecule has 2 aliphatic rings. The molecule has 0 saturated heterocycles. The number of pyridine rings is 1. The Kier molecular flexibility index (Phi) is 4.05. The van der Waals surface area contributed by atoms with Crippen LogP contribution in [0.4, 0.5) is 5.69 Å². The molecular formula is C21H20ClN3O3S. The van der Waals surface area contributed by atoms with E-state index in [0.717, 1.165) is 40.7 Å². The summed E-state index contributed by atoms with van der Waals surface area (Å²) in [5.74, 6) is 0.142. The molecule has 2 aromatic heterocycles. The Morgan fingerprint density at radius 3 is 2.72 bits per heavy atom. The van der Waals surface area contributed by atoms with E-state index in [-0.39, 0.29) is 11.7 Å². The van der Waals surface area contributed by atoms with Crippen LogP contribution in [0.5, 0.6) is 0 Å². The highest BCUT2D eigenvalue weighted by molar-refractivity contribution is 7.90. The summed E-state index contributed by atoms with van der Waals surface area (Å²) < 4.78 is 25.5. The molecule has 0 unspecified atom stereocenters. The summed E-state index contributed by atoms with van der Waals surface area (Å²) in [6, 6.07) is 9.45. The van der Waals surface area contributed by atoms with Crippen molar-refractivity contribution >= 4 is 43.9 Å². The number of rotatable bonds is 5. The van der Waals surface area contributed by atoms with Gasteiger partial charge in [0.15, 0.2) is 0 Å². The number of halogens is 1. The lowest BCUT2D eigenvalue weighted by atomic mass is 10.0. The molecule has 1 fully saturated rings. The van der Waals surface area contributed by atoms with Gasteiger partial charge in [0.25, 0.3) is 0 Å². The predicted octanol–water partition coefficient (Wildman–Crippen LogP) is 3.31. The van der Waals surface area contributed by atoms with Crippen molar-refractivity contribution < 1.29 is 13.2 Å². The monoisotopic (exact) mass is 429 g/mol. The van der Waals surface area contributed by atoms with Gasteiger partial charge in [0, 0.05) is 52.4 Å². The third kappa shape index (κ3) is 3.04. The normalized spacial score (nSPS) is 17.3. The van der Waals surface area contributed by atoms with E-state index in [0.29, 0.717) is 18.1 Å². The highest BCUT2D eigenvalue weighted by Gasteiger charge is 2.59. The van der Waals surface area contributed by atoms with E-state index in [1.54, 1.807) is 18.5 Å². The zero-order valence-corrected chi connectivity index (χ0v) is 17.5. The zero-order chi connectivity index (χ0) is 20.4. The molecule has 0 radical (unpaired) electrons. The van der Waals surface area contributed by atoms with Crippen molar-refractivity contribution in [3.05, 3.63) is 59.0 Å². The lowest BCUT2D eigenvalue weighted by Gasteiger charge is -2.20. The molecule has 1 aliphatic heterocycles. The Balaban J connectivity index is 1.58. The second-order valence-corrected chi connectivity index (χ2v) is 10.7. The van der Waals surface area contributed by atoms with Crippen LogP contribution in [0.15, 0.2) is 42.7 Å². The third-order valence-electron chi connectivity index (χ3n) is 5.96. The van der Waals surface area contributed by atoms with Gasteiger partial charge in [-0.3, -0.25) is 9.78 Å². The molecule has 3 aromatic rings. The van der Waals surface area contributed by atoms with Crippen molar-refractivity contribution in [2.24, 2.45) is 0 Å². The van der Waals surface area contributed by atoms with Crippen molar-refractivity contribution in [2.45, 2.75) is 31.3 Å². The number of fused-ring (bicyclic) bond motifs is 3. The summed E-state index contributed by atoms with van der Waals surface area (Å²) >= 11 is 6.16. The molecule has 6 nitrogen and oxygen atoms in total. The summed E-state index contributed by atoms with van der Waals surface area (Å²) in [5.41, 5.74) is 3.30. The van der Waals surface area contributed by atoms with E-state index in [4.69, 9.17) is 11.6 Å². The molecule has 1 saturated carbocycles. The van der Waals surface area contributed by atoms with Crippen LogP contribution in [0.25, 0.3) is 10.9 Å². The zero-order valence-electron chi connectivity index (χ0n) is 15.9. The number of hydrogen-bond acceptors (Lipinski definition) is 4. The van der Waals surface area contributed by atoms with Crippen molar-refractivity contribution in [2.75, 3.05) is 16.9 Å². The van der Waals surface area contributed by atoms with E-state index in [1.807, 2.05) is 33.7 Å². The average molecular weight is 430 g/mol. The number of nitrogens with zero attached hydrogens (tertiary/aromatic N) is 3. The number of aromatic nitrogens is 2. The van der Waals surface area contributed by atoms with Gasteiger partial charge in [0.05, 0.1) is 23.4 Å². The number of aryl methyl sites for hydroxylation is 1. The van der Waals surface area contributed by atoms with Crippen LogP contribution in [0, 0.1) is 0 Å². The number of sulfone groups is 1. The SMILES string of the molecule is CS(=O)(=O)CCn1c(CN2C(=O)C3(CC3)c3cnccc32)cc2cc(Cl)ccc21. The number of hydrogen-bond donors (Lipinski definition) is 0. The van der Waals surface area contributed by atoms with Gasteiger partial charge < -0.3 is 9.47 Å². The maximum absolute atomic E-state index is 13.2. The molecule has 3 heterocycles. The van der Waals surface area contributed by atoms with E-state index >= 15 is 0 Å². The third-order valence-corrected chi connectivity index (χ3v) is 7.12. The topological polar surface area (TPSA) is 72.3 Å². The molecule has 1 spiro atoms. The summed E-state index contributed by atoms with van der Waals surface area (Å²) in [6.45, 7) is 0.712. The molecule has 8 heteroatoms. The van der Waals surface area contributed by atoms with E-state index in [1.165, 1.54) is 6.26 Å². The predicted molar refractivity (Wildman–Crippen MR) is 113 cm³/mol. The lowest BCUT2D eigenvalue weighted by Crippen LogP contribution is -2.32. The first-order valence-electron chi connectivity index (χ1n) is 9.50. The van der Waals surface area contributed by atoms with Crippen molar-refractivity contribution in [1.29, 1.82) is 0 Å². The Hall–Kier alpha value is -2.38. The van der Waals surface area contributed by atoms with Gasteiger partial charge in [-0.1, -0.05) is 11.6 Å². The van der Waals surface area contributed by atoms with Gasteiger partial charge in [-0.2, -0.15) is 0 Å². The van der Waals surface area contributed by atoms with Crippen molar-refractivity contribution in [3.63, 3.8) is 0 Å². The lowest BCUT2D eigenvalue weighted by molar-refractivity contribution is -0.120. The largest absolute Gasteiger partial charge is 0.342 e. The number of carbonyl (C=O) groups is 1. The average Bonchev–Trinajstić information content (AvgIpc) is 3.36. The molecule has 0 bridgehead atoms. The molecule has 0 atom stereocenters. The second kappa shape index (κ2) is 6.31. The van der Waals surface area contributed by atoms with Crippen LogP contribution in [0.2, 0.25) is 5.02 Å². The first-order chi connectivity index (χ1) is 13.8. The number of anilines is 1. The Morgan fingerprint density at radius 2 is 2.00 bits per heavy atom. The summed E-state index contributed by atoms with van der Waals surface area (Å²) in [7, 11) is -3.12. The highest BCUT2D eigenvalue weighted by atomic mass is 35.5. The minimum absolute atomic E-state index is 0.0325. The minimum Gasteiger partial charge on any atom is -0.342 e. The Labute approximate surface area is 174 Å². The molecule has 29 heavy (non-hydrogen) atoms. The highest BCUT2D eigenvalue weighted by Crippen LogP contribution is 2.57. The standard InChI is InChI=1S/C21H20ClN3O3S/c1-29(27,28)9-8-24-16(11-14-10-15(22)2-3-18(14)24)13-25-19-4-7-23-12-17(19)21(5-6-21)20(25)26/h2-4,7,10-12H,5-6,8-9,13H2,1H3.